The van der Waals surface area contributed by atoms with E-state index in [-0.39, 0.29) is 25.7 Å². The standard InChI is InChI=1S/C12H22N2O4S/c1-4-7-14(10(2)3)19(17,18)13-8-5-11(6-9-13)12(15)16/h4,10-11H,1,5-9H2,2-3H3,(H,15,16). The Labute approximate surface area is 114 Å². The Balaban J connectivity index is 2.78. The molecule has 6 nitrogen and oxygen atoms in total. The molecule has 0 unspecified atom stereocenters. The summed E-state index contributed by atoms with van der Waals surface area (Å²) in [6.45, 7) is 7.99. The molecule has 1 aliphatic heterocycles. The van der Waals surface area contributed by atoms with Crippen molar-refractivity contribution in [1.82, 2.24) is 8.61 Å². The molecule has 0 aromatic heterocycles. The van der Waals surface area contributed by atoms with Gasteiger partial charge in [-0.3, -0.25) is 4.79 Å². The molecule has 0 aliphatic carbocycles. The summed E-state index contributed by atoms with van der Waals surface area (Å²) in [4.78, 5) is 10.9. The zero-order valence-electron chi connectivity index (χ0n) is 11.4. The molecule has 0 saturated carbocycles. The van der Waals surface area contributed by atoms with E-state index in [2.05, 4.69) is 6.58 Å². The van der Waals surface area contributed by atoms with Crippen LogP contribution in [0.3, 0.4) is 0 Å². The van der Waals surface area contributed by atoms with Crippen molar-refractivity contribution in [2.24, 2.45) is 5.92 Å². The third kappa shape index (κ3) is 3.77. The summed E-state index contributed by atoms with van der Waals surface area (Å²) < 4.78 is 27.6. The molecule has 0 spiro atoms. The lowest BCUT2D eigenvalue weighted by atomic mass is 9.99. The van der Waals surface area contributed by atoms with Crippen molar-refractivity contribution in [2.75, 3.05) is 19.6 Å². The normalized spacial score (nSPS) is 18.9. The largest absolute Gasteiger partial charge is 0.481 e. The van der Waals surface area contributed by atoms with E-state index in [9.17, 15) is 13.2 Å². The highest BCUT2D eigenvalue weighted by Crippen LogP contribution is 2.22. The Hall–Kier alpha value is -0.920. The van der Waals surface area contributed by atoms with Crippen molar-refractivity contribution in [3.63, 3.8) is 0 Å². The molecule has 1 aliphatic rings. The molecule has 1 N–H and O–H groups in total. The predicted molar refractivity (Wildman–Crippen MR) is 72.9 cm³/mol. The van der Waals surface area contributed by atoms with Crippen molar-refractivity contribution < 1.29 is 18.3 Å². The fraction of sp³-hybridized carbons (Fsp3) is 0.750. The quantitative estimate of drug-likeness (QED) is 0.738. The maximum absolute atomic E-state index is 12.5. The van der Waals surface area contributed by atoms with Crippen molar-refractivity contribution in [1.29, 1.82) is 0 Å². The zero-order chi connectivity index (χ0) is 14.6. The zero-order valence-corrected chi connectivity index (χ0v) is 12.3. The van der Waals surface area contributed by atoms with Crippen molar-refractivity contribution in [2.45, 2.75) is 32.7 Å². The van der Waals surface area contributed by atoms with E-state index in [0.717, 1.165) is 0 Å². The van der Waals surface area contributed by atoms with Gasteiger partial charge in [-0.1, -0.05) is 6.08 Å². The van der Waals surface area contributed by atoms with Crippen molar-refractivity contribution in [3.05, 3.63) is 12.7 Å². The Morgan fingerprint density at radius 3 is 2.37 bits per heavy atom. The van der Waals surface area contributed by atoms with Crippen LogP contribution in [0.15, 0.2) is 12.7 Å². The van der Waals surface area contributed by atoms with Crippen LogP contribution in [0.5, 0.6) is 0 Å². The Morgan fingerprint density at radius 2 is 2.00 bits per heavy atom. The average Bonchev–Trinajstić information content (AvgIpc) is 2.35. The molecule has 0 bridgehead atoms. The lowest BCUT2D eigenvalue weighted by Crippen LogP contribution is -2.50. The van der Waals surface area contributed by atoms with Crippen LogP contribution in [0.2, 0.25) is 0 Å². The summed E-state index contributed by atoms with van der Waals surface area (Å²) in [6.07, 6.45) is 2.30. The highest BCUT2D eigenvalue weighted by Gasteiger charge is 2.35. The van der Waals surface area contributed by atoms with Gasteiger partial charge in [-0.25, -0.2) is 0 Å². The lowest BCUT2D eigenvalue weighted by Gasteiger charge is -2.35. The second-order valence-electron chi connectivity index (χ2n) is 4.97. The van der Waals surface area contributed by atoms with Gasteiger partial charge < -0.3 is 5.11 Å². The van der Waals surface area contributed by atoms with Crippen LogP contribution in [0.1, 0.15) is 26.7 Å². The van der Waals surface area contributed by atoms with Gasteiger partial charge in [0, 0.05) is 25.7 Å². The Kier molecular flexibility index (Phi) is 5.51. The highest BCUT2D eigenvalue weighted by molar-refractivity contribution is 7.86. The Morgan fingerprint density at radius 1 is 1.47 bits per heavy atom. The number of carboxylic acids is 1. The SMILES string of the molecule is C=CCN(C(C)C)S(=O)(=O)N1CCC(C(=O)O)CC1. The number of hydrogen-bond acceptors (Lipinski definition) is 3. The number of carboxylic acid groups (broad SMARTS) is 1. The van der Waals surface area contributed by atoms with E-state index >= 15 is 0 Å². The average molecular weight is 290 g/mol. The second kappa shape index (κ2) is 6.49. The fourth-order valence-corrected chi connectivity index (χ4v) is 3.98. The summed E-state index contributed by atoms with van der Waals surface area (Å²) in [5.41, 5.74) is 0. The minimum Gasteiger partial charge on any atom is -0.481 e. The van der Waals surface area contributed by atoms with Gasteiger partial charge in [0.05, 0.1) is 5.92 Å². The maximum Gasteiger partial charge on any atom is 0.306 e. The van der Waals surface area contributed by atoms with E-state index in [1.54, 1.807) is 6.08 Å². The van der Waals surface area contributed by atoms with Crippen LogP contribution in [0, 0.1) is 5.92 Å². The number of hydrogen-bond donors (Lipinski definition) is 1. The van der Waals surface area contributed by atoms with Gasteiger partial charge in [0.15, 0.2) is 0 Å². The summed E-state index contributed by atoms with van der Waals surface area (Å²) in [5, 5.41) is 8.92. The number of carbonyl (C=O) groups is 1. The number of aliphatic carboxylic acids is 1. The van der Waals surface area contributed by atoms with E-state index in [0.29, 0.717) is 12.8 Å². The second-order valence-corrected chi connectivity index (χ2v) is 6.85. The molecule has 0 atom stereocenters. The first-order valence-corrected chi connectivity index (χ1v) is 7.81. The first kappa shape index (κ1) is 16.1. The van der Waals surface area contributed by atoms with Gasteiger partial charge in [-0.15, -0.1) is 6.58 Å². The smallest absolute Gasteiger partial charge is 0.306 e. The van der Waals surface area contributed by atoms with Crippen LogP contribution < -0.4 is 0 Å². The van der Waals surface area contributed by atoms with Gasteiger partial charge >= 0.3 is 5.97 Å². The molecule has 1 heterocycles. The summed E-state index contributed by atoms with van der Waals surface area (Å²) in [6, 6.07) is -0.153. The summed E-state index contributed by atoms with van der Waals surface area (Å²) in [7, 11) is -3.53. The van der Waals surface area contributed by atoms with Crippen LogP contribution in [-0.2, 0) is 15.0 Å². The summed E-state index contributed by atoms with van der Waals surface area (Å²) in [5.74, 6) is -1.28. The molecule has 1 saturated heterocycles. The number of nitrogens with zero attached hydrogens (tertiary/aromatic N) is 2. The minimum absolute atomic E-state index is 0.153. The third-order valence-electron chi connectivity index (χ3n) is 3.31. The highest BCUT2D eigenvalue weighted by atomic mass is 32.2. The molecule has 7 heteroatoms. The van der Waals surface area contributed by atoms with E-state index in [4.69, 9.17) is 5.11 Å². The molecule has 0 radical (unpaired) electrons. The molecule has 1 fully saturated rings. The van der Waals surface area contributed by atoms with Gasteiger partial charge in [0.1, 0.15) is 0 Å². The molecule has 110 valence electrons. The minimum atomic E-state index is -3.53. The number of rotatable bonds is 6. The topological polar surface area (TPSA) is 77.9 Å². The number of piperidine rings is 1. The monoisotopic (exact) mass is 290 g/mol. The van der Waals surface area contributed by atoms with Crippen LogP contribution in [-0.4, -0.2) is 53.8 Å². The predicted octanol–water partition coefficient (Wildman–Crippen LogP) is 0.924. The van der Waals surface area contributed by atoms with Gasteiger partial charge in [0.25, 0.3) is 10.2 Å². The van der Waals surface area contributed by atoms with Gasteiger partial charge in [-0.2, -0.15) is 17.0 Å². The van der Waals surface area contributed by atoms with Crippen LogP contribution in [0.4, 0.5) is 0 Å². The van der Waals surface area contributed by atoms with E-state index in [1.807, 2.05) is 13.8 Å². The fourth-order valence-electron chi connectivity index (χ4n) is 2.18. The Bertz CT molecular complexity index is 425. The molecular formula is C12H22N2O4S. The van der Waals surface area contributed by atoms with Gasteiger partial charge in [-0.05, 0) is 26.7 Å². The first-order valence-electron chi connectivity index (χ1n) is 6.41. The van der Waals surface area contributed by atoms with E-state index in [1.165, 1.54) is 8.61 Å². The molecule has 0 amide bonds. The van der Waals surface area contributed by atoms with Crippen molar-refractivity contribution >= 4 is 16.2 Å². The van der Waals surface area contributed by atoms with Gasteiger partial charge in [0.2, 0.25) is 0 Å². The lowest BCUT2D eigenvalue weighted by molar-refractivity contribution is -0.142. The molecule has 0 aromatic rings. The molecular weight excluding hydrogens is 268 g/mol. The summed E-state index contributed by atoms with van der Waals surface area (Å²) >= 11 is 0. The van der Waals surface area contributed by atoms with Crippen molar-refractivity contribution in [3.8, 4) is 0 Å². The van der Waals surface area contributed by atoms with Crippen LogP contribution in [0.25, 0.3) is 0 Å². The van der Waals surface area contributed by atoms with E-state index < -0.39 is 22.1 Å². The third-order valence-corrected chi connectivity index (χ3v) is 5.49. The molecule has 19 heavy (non-hydrogen) atoms. The first-order chi connectivity index (χ1) is 8.80. The van der Waals surface area contributed by atoms with Crippen LogP contribution >= 0.6 is 0 Å². The molecule has 1 rings (SSSR count). The molecule has 0 aromatic carbocycles. The maximum atomic E-state index is 12.5.